The summed E-state index contributed by atoms with van der Waals surface area (Å²) in [5.74, 6) is 0. The van der Waals surface area contributed by atoms with Gasteiger partial charge >= 0.3 is 15.5 Å². The van der Waals surface area contributed by atoms with E-state index in [0.717, 1.165) is 6.07 Å². The molecule has 1 aromatic carbocycles. The van der Waals surface area contributed by atoms with Crippen molar-refractivity contribution in [2.45, 2.75) is 19.4 Å². The van der Waals surface area contributed by atoms with Gasteiger partial charge in [-0.3, -0.25) is 4.72 Å². The minimum Gasteiger partial charge on any atom is -0.393 e. The van der Waals surface area contributed by atoms with E-state index in [0.29, 0.717) is 6.61 Å². The molecule has 24 heavy (non-hydrogen) atoms. The number of ether oxygens (including phenoxy) is 1. The van der Waals surface area contributed by atoms with Gasteiger partial charge in [-0.2, -0.15) is 21.6 Å². The van der Waals surface area contributed by atoms with Crippen LogP contribution in [0.15, 0.2) is 23.4 Å². The molecule has 0 radical (unpaired) electrons. The second kappa shape index (κ2) is 8.54. The van der Waals surface area contributed by atoms with E-state index < -0.39 is 15.5 Å². The molecule has 1 rings (SSSR count). The minimum atomic E-state index is -5.56. The Hall–Kier alpha value is -1.52. The molecule has 1 N–H and O–H groups in total. The largest absolute Gasteiger partial charge is 0.516 e. The van der Waals surface area contributed by atoms with Crippen LogP contribution in [0.4, 0.5) is 18.9 Å². The highest BCUT2D eigenvalue weighted by molar-refractivity contribution is 7.93. The highest BCUT2D eigenvalue weighted by Gasteiger charge is 2.46. The molecule has 0 saturated heterocycles. The molecule has 0 fully saturated rings. The van der Waals surface area contributed by atoms with Crippen LogP contribution >= 0.6 is 11.6 Å². The second-order valence-electron chi connectivity index (χ2n) is 4.45. The minimum absolute atomic E-state index is 0.0618. The Labute approximate surface area is 142 Å². The van der Waals surface area contributed by atoms with Crippen LogP contribution in [0.1, 0.15) is 19.4 Å². The van der Waals surface area contributed by atoms with Crippen LogP contribution in [-0.2, 0) is 19.6 Å². The fraction of sp³-hybridized carbons (Fsp3) is 0.462. The predicted octanol–water partition coefficient (Wildman–Crippen LogP) is 3.38. The normalized spacial score (nSPS) is 13.0. The van der Waals surface area contributed by atoms with Gasteiger partial charge in [0.25, 0.3) is 0 Å². The van der Waals surface area contributed by atoms with Crippen molar-refractivity contribution < 1.29 is 31.2 Å². The maximum absolute atomic E-state index is 12.5. The number of anilines is 1. The highest BCUT2D eigenvalue weighted by Crippen LogP contribution is 2.28. The number of halogens is 4. The molecule has 0 spiro atoms. The van der Waals surface area contributed by atoms with Crippen molar-refractivity contribution in [3.05, 3.63) is 28.8 Å². The molecule has 0 aliphatic heterocycles. The number of alkyl halides is 3. The third-order valence-corrected chi connectivity index (χ3v) is 3.98. The SMILES string of the molecule is CCOCCON=C(C)c1cc(Cl)ccc1NS(=O)(=O)C(F)(F)F. The summed E-state index contributed by atoms with van der Waals surface area (Å²) in [5.41, 5.74) is -5.55. The van der Waals surface area contributed by atoms with Gasteiger partial charge in [0, 0.05) is 17.2 Å². The van der Waals surface area contributed by atoms with Gasteiger partial charge in [0.15, 0.2) is 0 Å². The summed E-state index contributed by atoms with van der Waals surface area (Å²) in [5, 5.41) is 3.92. The smallest absolute Gasteiger partial charge is 0.393 e. The zero-order chi connectivity index (χ0) is 18.4. The van der Waals surface area contributed by atoms with E-state index >= 15 is 0 Å². The van der Waals surface area contributed by atoms with Gasteiger partial charge in [0.2, 0.25) is 0 Å². The molecule has 0 saturated carbocycles. The van der Waals surface area contributed by atoms with Crippen LogP contribution in [0.5, 0.6) is 0 Å². The van der Waals surface area contributed by atoms with E-state index in [9.17, 15) is 21.6 Å². The van der Waals surface area contributed by atoms with E-state index in [1.54, 1.807) is 6.92 Å². The van der Waals surface area contributed by atoms with Crippen LogP contribution in [0.2, 0.25) is 5.02 Å². The number of hydrogen-bond acceptors (Lipinski definition) is 5. The number of oxime groups is 1. The molecule has 0 bridgehead atoms. The third kappa shape index (κ3) is 5.84. The fourth-order valence-corrected chi connectivity index (χ4v) is 2.29. The molecule has 0 aliphatic carbocycles. The first-order valence-electron chi connectivity index (χ1n) is 6.71. The van der Waals surface area contributed by atoms with E-state index in [-0.39, 0.29) is 35.2 Å². The van der Waals surface area contributed by atoms with Crippen LogP contribution in [-0.4, -0.2) is 39.5 Å². The first kappa shape index (κ1) is 20.5. The fourth-order valence-electron chi connectivity index (χ4n) is 1.54. The molecule has 0 amide bonds. The molecule has 0 aliphatic rings. The van der Waals surface area contributed by atoms with E-state index in [1.807, 2.05) is 0 Å². The van der Waals surface area contributed by atoms with Crippen molar-refractivity contribution in [2.75, 3.05) is 24.5 Å². The lowest BCUT2D eigenvalue weighted by molar-refractivity contribution is -0.0429. The summed E-state index contributed by atoms with van der Waals surface area (Å²) >= 11 is 5.81. The molecule has 1 aromatic rings. The third-order valence-electron chi connectivity index (χ3n) is 2.64. The maximum atomic E-state index is 12.5. The molecule has 11 heteroatoms. The van der Waals surface area contributed by atoms with Gasteiger partial charge < -0.3 is 9.57 Å². The average Bonchev–Trinajstić information content (AvgIpc) is 2.47. The first-order chi connectivity index (χ1) is 11.1. The van der Waals surface area contributed by atoms with Gasteiger partial charge in [-0.15, -0.1) is 0 Å². The lowest BCUT2D eigenvalue weighted by Crippen LogP contribution is -2.30. The quantitative estimate of drug-likeness (QED) is 0.421. The van der Waals surface area contributed by atoms with Crippen molar-refractivity contribution in [2.24, 2.45) is 5.16 Å². The van der Waals surface area contributed by atoms with Crippen LogP contribution < -0.4 is 4.72 Å². The van der Waals surface area contributed by atoms with Crippen molar-refractivity contribution in [1.82, 2.24) is 0 Å². The lowest BCUT2D eigenvalue weighted by Gasteiger charge is -2.14. The first-order valence-corrected chi connectivity index (χ1v) is 8.58. The Morgan fingerprint density at radius 1 is 1.33 bits per heavy atom. The number of rotatable bonds is 8. The molecular formula is C13H16ClF3N2O4S. The summed E-state index contributed by atoms with van der Waals surface area (Å²) in [4.78, 5) is 4.96. The molecular weight excluding hydrogens is 373 g/mol. The highest BCUT2D eigenvalue weighted by atomic mass is 35.5. The summed E-state index contributed by atoms with van der Waals surface area (Å²) in [6, 6.07) is 3.64. The molecule has 0 atom stereocenters. The number of benzene rings is 1. The van der Waals surface area contributed by atoms with Gasteiger partial charge in [0.1, 0.15) is 6.61 Å². The number of hydrogen-bond donors (Lipinski definition) is 1. The second-order valence-corrected chi connectivity index (χ2v) is 6.56. The Kier molecular flexibility index (Phi) is 7.30. The predicted molar refractivity (Wildman–Crippen MR) is 84.7 cm³/mol. The van der Waals surface area contributed by atoms with Gasteiger partial charge in [-0.05, 0) is 32.0 Å². The van der Waals surface area contributed by atoms with Gasteiger partial charge in [-0.25, -0.2) is 0 Å². The average molecular weight is 389 g/mol. The van der Waals surface area contributed by atoms with Crippen molar-refractivity contribution in [1.29, 1.82) is 0 Å². The summed E-state index contributed by atoms with van der Waals surface area (Å²) in [6.07, 6.45) is 0. The van der Waals surface area contributed by atoms with Crippen LogP contribution in [0.3, 0.4) is 0 Å². The van der Waals surface area contributed by atoms with Gasteiger partial charge in [-0.1, -0.05) is 16.8 Å². The van der Waals surface area contributed by atoms with E-state index in [2.05, 4.69) is 5.16 Å². The number of sulfonamides is 1. The summed E-state index contributed by atoms with van der Waals surface area (Å²) in [6.45, 7) is 4.17. The molecule has 136 valence electrons. The molecule has 0 aromatic heterocycles. The zero-order valence-electron chi connectivity index (χ0n) is 12.9. The van der Waals surface area contributed by atoms with Crippen molar-refractivity contribution in [3.8, 4) is 0 Å². The monoisotopic (exact) mass is 388 g/mol. The van der Waals surface area contributed by atoms with E-state index in [1.165, 1.54) is 23.8 Å². The number of nitrogens with zero attached hydrogens (tertiary/aromatic N) is 1. The molecule has 0 unspecified atom stereocenters. The van der Waals surface area contributed by atoms with Crippen LogP contribution in [0.25, 0.3) is 0 Å². The zero-order valence-corrected chi connectivity index (χ0v) is 14.4. The Morgan fingerprint density at radius 2 is 2.00 bits per heavy atom. The van der Waals surface area contributed by atoms with Gasteiger partial charge in [0.05, 0.1) is 18.0 Å². The summed E-state index contributed by atoms with van der Waals surface area (Å²) in [7, 11) is -5.56. The molecule has 6 nitrogen and oxygen atoms in total. The standard InChI is InChI=1S/C13H16ClF3N2O4S/c1-3-22-6-7-23-18-9(2)11-8-10(14)4-5-12(11)19-24(20,21)13(15,16)17/h4-5,8,19H,3,6-7H2,1-2H3. The Balaban J connectivity index is 3.02. The maximum Gasteiger partial charge on any atom is 0.516 e. The number of nitrogens with one attached hydrogen (secondary N) is 1. The molecule has 0 heterocycles. The van der Waals surface area contributed by atoms with Crippen molar-refractivity contribution >= 4 is 33.0 Å². The van der Waals surface area contributed by atoms with E-state index in [4.69, 9.17) is 21.2 Å². The Bertz CT molecular complexity index is 693. The van der Waals surface area contributed by atoms with Crippen molar-refractivity contribution in [3.63, 3.8) is 0 Å². The lowest BCUT2D eigenvalue weighted by atomic mass is 10.1. The topological polar surface area (TPSA) is 77.0 Å². The Morgan fingerprint density at radius 3 is 2.58 bits per heavy atom. The summed E-state index contributed by atoms with van der Waals surface area (Å²) < 4.78 is 66.5. The van der Waals surface area contributed by atoms with Crippen LogP contribution in [0, 0.1) is 0 Å².